The van der Waals surface area contributed by atoms with Gasteiger partial charge in [-0.1, -0.05) is 26.0 Å². The van der Waals surface area contributed by atoms with Crippen molar-refractivity contribution in [2.24, 2.45) is 5.92 Å². The van der Waals surface area contributed by atoms with Gasteiger partial charge in [-0.3, -0.25) is 9.59 Å². The number of fused-ring (bicyclic) bond motifs is 1. The minimum absolute atomic E-state index is 0.0336. The number of nitrogens with zero attached hydrogens (tertiary/aromatic N) is 1. The Hall–Kier alpha value is -1.94. The summed E-state index contributed by atoms with van der Waals surface area (Å²) in [6.07, 6.45) is 3.78. The van der Waals surface area contributed by atoms with Crippen LogP contribution in [0.5, 0.6) is 5.75 Å². The second kappa shape index (κ2) is 7.75. The summed E-state index contributed by atoms with van der Waals surface area (Å²) < 4.78 is 5.91. The molecule has 0 aliphatic heterocycles. The summed E-state index contributed by atoms with van der Waals surface area (Å²) in [5, 5.41) is 0. The average Bonchev–Trinajstić information content (AvgIpc) is 2.51. The topological polar surface area (TPSA) is 46.6 Å². The Morgan fingerprint density at radius 3 is 2.42 bits per heavy atom. The molecule has 24 heavy (non-hydrogen) atoms. The van der Waals surface area contributed by atoms with Crippen LogP contribution in [0, 0.1) is 12.8 Å². The third-order valence-electron chi connectivity index (χ3n) is 4.26. The predicted molar refractivity (Wildman–Crippen MR) is 96.6 cm³/mol. The molecule has 0 spiro atoms. The maximum atomic E-state index is 12.6. The molecule has 0 fully saturated rings. The lowest BCUT2D eigenvalue weighted by atomic mass is 9.84. The van der Waals surface area contributed by atoms with E-state index in [4.69, 9.17) is 4.74 Å². The van der Waals surface area contributed by atoms with Crippen molar-refractivity contribution >= 4 is 17.6 Å². The smallest absolute Gasteiger partial charge is 0.237 e. The van der Waals surface area contributed by atoms with Gasteiger partial charge in [0, 0.05) is 5.57 Å². The first-order valence-electron chi connectivity index (χ1n) is 8.54. The normalized spacial score (nSPS) is 14.2. The van der Waals surface area contributed by atoms with Crippen LogP contribution in [0.3, 0.4) is 0 Å². The van der Waals surface area contributed by atoms with E-state index >= 15 is 0 Å². The standard InChI is InChI=1S/C20H27NO3/c1-13(2)16-12-15-9-8-14(3)20(17(15)19(23)18(16)22)24-11-7-6-10-21(4)5/h8-9,12-13H,6-7,10-11H2,1-5H3. The van der Waals surface area contributed by atoms with Gasteiger partial charge in [0.05, 0.1) is 12.2 Å². The minimum atomic E-state index is -0.441. The number of benzene rings is 1. The van der Waals surface area contributed by atoms with Crippen LogP contribution in [0.2, 0.25) is 0 Å². The van der Waals surface area contributed by atoms with Crippen molar-refractivity contribution in [3.63, 3.8) is 0 Å². The molecule has 2 rings (SSSR count). The lowest BCUT2D eigenvalue weighted by molar-refractivity contribution is -0.112. The number of hydrogen-bond donors (Lipinski definition) is 0. The predicted octanol–water partition coefficient (Wildman–Crippen LogP) is 3.52. The maximum Gasteiger partial charge on any atom is 0.237 e. The number of Topliss-reactive ketones (excluding diaryl/α,β-unsaturated/α-hetero) is 2. The van der Waals surface area contributed by atoms with E-state index < -0.39 is 11.6 Å². The summed E-state index contributed by atoms with van der Waals surface area (Å²) in [5.74, 6) is -0.246. The van der Waals surface area contributed by atoms with Crippen molar-refractivity contribution in [1.82, 2.24) is 4.90 Å². The number of allylic oxidation sites excluding steroid dienone is 1. The molecule has 0 amide bonds. The molecule has 0 N–H and O–H groups in total. The maximum absolute atomic E-state index is 12.6. The molecule has 1 aliphatic rings. The van der Waals surface area contributed by atoms with Crippen LogP contribution in [0.15, 0.2) is 17.7 Å². The summed E-state index contributed by atoms with van der Waals surface area (Å²) in [4.78, 5) is 27.1. The van der Waals surface area contributed by atoms with Gasteiger partial charge in [0.15, 0.2) is 0 Å². The van der Waals surface area contributed by atoms with Crippen LogP contribution >= 0.6 is 0 Å². The van der Waals surface area contributed by atoms with Crippen LogP contribution in [0.25, 0.3) is 6.08 Å². The lowest BCUT2D eigenvalue weighted by Crippen LogP contribution is -2.25. The van der Waals surface area contributed by atoms with E-state index in [1.54, 1.807) is 0 Å². The third-order valence-corrected chi connectivity index (χ3v) is 4.26. The van der Waals surface area contributed by atoms with Gasteiger partial charge in [-0.05, 0) is 63.5 Å². The molecular weight excluding hydrogens is 302 g/mol. The van der Waals surface area contributed by atoms with Crippen molar-refractivity contribution in [3.8, 4) is 5.75 Å². The largest absolute Gasteiger partial charge is 0.493 e. The number of ether oxygens (including phenoxy) is 1. The average molecular weight is 329 g/mol. The van der Waals surface area contributed by atoms with Gasteiger partial charge in [0.1, 0.15) is 5.75 Å². The van der Waals surface area contributed by atoms with Crippen LogP contribution in [0.1, 0.15) is 48.2 Å². The molecule has 0 unspecified atom stereocenters. The second-order valence-electron chi connectivity index (χ2n) is 6.95. The van der Waals surface area contributed by atoms with Crippen molar-refractivity contribution in [2.45, 2.75) is 33.6 Å². The Labute approximate surface area is 144 Å². The molecule has 4 heteroatoms. The van der Waals surface area contributed by atoms with Crippen molar-refractivity contribution in [3.05, 3.63) is 34.4 Å². The van der Waals surface area contributed by atoms with Gasteiger partial charge in [-0.25, -0.2) is 0 Å². The SMILES string of the molecule is Cc1ccc2c(c1OCCCCN(C)C)C(=O)C(=O)C(C(C)C)=C2. The van der Waals surface area contributed by atoms with E-state index in [9.17, 15) is 9.59 Å². The zero-order valence-electron chi connectivity index (χ0n) is 15.3. The fraction of sp³-hybridized carbons (Fsp3) is 0.500. The Morgan fingerprint density at radius 2 is 1.79 bits per heavy atom. The molecule has 0 heterocycles. The minimum Gasteiger partial charge on any atom is -0.493 e. The van der Waals surface area contributed by atoms with Crippen LogP contribution in [0.4, 0.5) is 0 Å². The third kappa shape index (κ3) is 3.93. The monoisotopic (exact) mass is 329 g/mol. The van der Waals surface area contributed by atoms with Crippen molar-refractivity contribution < 1.29 is 14.3 Å². The first-order chi connectivity index (χ1) is 11.3. The van der Waals surface area contributed by atoms with Gasteiger partial charge in [-0.2, -0.15) is 0 Å². The number of ketones is 2. The second-order valence-corrected chi connectivity index (χ2v) is 6.95. The zero-order valence-corrected chi connectivity index (χ0v) is 15.3. The summed E-state index contributed by atoms with van der Waals surface area (Å²) >= 11 is 0. The Morgan fingerprint density at radius 1 is 1.08 bits per heavy atom. The van der Waals surface area contributed by atoms with Gasteiger partial charge in [0.2, 0.25) is 11.6 Å². The zero-order chi connectivity index (χ0) is 17.9. The van der Waals surface area contributed by atoms with Crippen molar-refractivity contribution in [1.29, 1.82) is 0 Å². The van der Waals surface area contributed by atoms with Gasteiger partial charge in [-0.15, -0.1) is 0 Å². The highest BCUT2D eigenvalue weighted by Crippen LogP contribution is 2.34. The number of carbonyl (C=O) groups excluding carboxylic acids is 2. The molecule has 130 valence electrons. The van der Waals surface area contributed by atoms with E-state index in [2.05, 4.69) is 4.90 Å². The molecule has 0 saturated heterocycles. The van der Waals surface area contributed by atoms with Crippen LogP contribution in [-0.2, 0) is 4.79 Å². The summed E-state index contributed by atoms with van der Waals surface area (Å²) in [6.45, 7) is 7.33. The molecule has 0 radical (unpaired) electrons. The first kappa shape index (κ1) is 18.4. The Kier molecular flexibility index (Phi) is 5.94. The van der Waals surface area contributed by atoms with E-state index in [-0.39, 0.29) is 5.92 Å². The number of unbranched alkanes of at least 4 members (excludes halogenated alkanes) is 1. The lowest BCUT2D eigenvalue weighted by Gasteiger charge is -2.21. The number of aryl methyl sites for hydroxylation is 1. The van der Waals surface area contributed by atoms with Gasteiger partial charge >= 0.3 is 0 Å². The first-order valence-corrected chi connectivity index (χ1v) is 8.54. The molecular formula is C20H27NO3. The molecule has 0 bridgehead atoms. The van der Waals surface area contributed by atoms with Crippen molar-refractivity contribution in [2.75, 3.05) is 27.2 Å². The van der Waals surface area contributed by atoms with E-state index in [0.29, 0.717) is 23.5 Å². The fourth-order valence-corrected chi connectivity index (χ4v) is 2.85. The number of carbonyl (C=O) groups is 2. The molecule has 1 aliphatic carbocycles. The van der Waals surface area contributed by atoms with E-state index in [1.807, 2.05) is 53.1 Å². The van der Waals surface area contributed by atoms with Crippen LogP contribution < -0.4 is 4.74 Å². The molecule has 0 aromatic heterocycles. The molecule has 1 aromatic rings. The highest BCUT2D eigenvalue weighted by Gasteiger charge is 2.32. The molecule has 0 atom stereocenters. The Balaban J connectivity index is 2.24. The van der Waals surface area contributed by atoms with Gasteiger partial charge in [0.25, 0.3) is 0 Å². The molecule has 4 nitrogen and oxygen atoms in total. The quantitative estimate of drug-likeness (QED) is 0.567. The highest BCUT2D eigenvalue weighted by atomic mass is 16.5. The number of hydrogen-bond acceptors (Lipinski definition) is 4. The van der Waals surface area contributed by atoms with Crippen LogP contribution in [-0.4, -0.2) is 43.7 Å². The molecule has 0 saturated carbocycles. The number of rotatable bonds is 7. The summed E-state index contributed by atoms with van der Waals surface area (Å²) in [7, 11) is 4.09. The highest BCUT2D eigenvalue weighted by molar-refractivity contribution is 6.52. The van der Waals surface area contributed by atoms with E-state index in [0.717, 1.165) is 30.5 Å². The van der Waals surface area contributed by atoms with E-state index in [1.165, 1.54) is 0 Å². The summed E-state index contributed by atoms with van der Waals surface area (Å²) in [6, 6.07) is 3.85. The fourth-order valence-electron chi connectivity index (χ4n) is 2.85. The summed E-state index contributed by atoms with van der Waals surface area (Å²) in [5.41, 5.74) is 2.69. The Bertz CT molecular complexity index is 672. The molecule has 1 aromatic carbocycles. The van der Waals surface area contributed by atoms with Gasteiger partial charge < -0.3 is 9.64 Å².